The minimum atomic E-state index is -1.23. The molecule has 0 spiro atoms. The summed E-state index contributed by atoms with van der Waals surface area (Å²) in [5.74, 6) is -0.587. The van der Waals surface area contributed by atoms with Gasteiger partial charge < -0.3 is 20.5 Å². The van der Waals surface area contributed by atoms with E-state index in [-0.39, 0.29) is 5.91 Å². The number of fused-ring (bicyclic) bond motifs is 1. The number of rotatable bonds is 6. The lowest BCUT2D eigenvalue weighted by Gasteiger charge is -2.39. The van der Waals surface area contributed by atoms with Gasteiger partial charge in [0.1, 0.15) is 12.0 Å². The van der Waals surface area contributed by atoms with Crippen LogP contribution in [-0.4, -0.2) is 30.3 Å². The molecule has 1 aliphatic rings. The number of ether oxygens (including phenoxy) is 1. The summed E-state index contributed by atoms with van der Waals surface area (Å²) >= 11 is 0. The maximum Gasteiger partial charge on any atom is 0.253 e. The molecular weight excluding hydrogens is 392 g/mol. The van der Waals surface area contributed by atoms with Crippen LogP contribution in [0.2, 0.25) is 0 Å². The highest BCUT2D eigenvalue weighted by Crippen LogP contribution is 2.44. The maximum atomic E-state index is 12.9. The largest absolute Gasteiger partial charge is 0.497 e. The minimum Gasteiger partial charge on any atom is -0.497 e. The molecule has 3 aromatic rings. The van der Waals surface area contributed by atoms with Crippen LogP contribution in [0.5, 0.6) is 5.75 Å². The van der Waals surface area contributed by atoms with Crippen LogP contribution < -0.4 is 15.4 Å². The fraction of sp³-hybridized carbons (Fsp3) is 0.200. The molecule has 1 aliphatic heterocycles. The summed E-state index contributed by atoms with van der Waals surface area (Å²) in [7, 11) is 1.57. The molecule has 6 heteroatoms. The zero-order chi connectivity index (χ0) is 22.0. The van der Waals surface area contributed by atoms with E-state index in [1.54, 1.807) is 50.4 Å². The quantitative estimate of drug-likeness (QED) is 0.539. The molecule has 1 heterocycles. The topological polar surface area (TPSA) is 87.7 Å². The average molecular weight is 416 g/mol. The third kappa shape index (κ3) is 3.55. The predicted molar refractivity (Wildman–Crippen MR) is 117 cm³/mol. The van der Waals surface area contributed by atoms with Crippen LogP contribution in [0.4, 0.5) is 0 Å². The van der Waals surface area contributed by atoms with Gasteiger partial charge in [-0.25, -0.2) is 0 Å². The molecule has 3 atom stereocenters. The number of hydrogen-bond donors (Lipinski definition) is 3. The van der Waals surface area contributed by atoms with Gasteiger partial charge in [0.05, 0.1) is 12.6 Å². The van der Waals surface area contributed by atoms with Gasteiger partial charge in [-0.3, -0.25) is 9.59 Å². The first-order valence-electron chi connectivity index (χ1n) is 10.1. The van der Waals surface area contributed by atoms with Crippen LogP contribution >= 0.6 is 0 Å². The van der Waals surface area contributed by atoms with E-state index in [0.717, 1.165) is 11.1 Å². The number of methoxy groups -OCH3 is 1. The molecule has 2 amide bonds. The standard InChI is InChI=1S/C25H24N2O4/c1-16(22(28)26-23(29)17-9-4-3-5-10-17)25(18-11-8-12-19(15-18)31-2)21-14-7-6-13-20(21)24(30)27-25/h3-16,22,28H,1-2H3,(H,26,29)(H,27,30)/t16-,22?,25-/m0/s1. The fourth-order valence-electron chi connectivity index (χ4n) is 4.23. The highest BCUT2D eigenvalue weighted by molar-refractivity contribution is 6.01. The lowest BCUT2D eigenvalue weighted by molar-refractivity contribution is 0.0373. The van der Waals surface area contributed by atoms with Crippen LogP contribution in [0.25, 0.3) is 0 Å². The lowest BCUT2D eigenvalue weighted by Crippen LogP contribution is -2.54. The molecule has 0 saturated heterocycles. The van der Waals surface area contributed by atoms with E-state index in [2.05, 4.69) is 10.6 Å². The second kappa shape index (κ2) is 8.24. The van der Waals surface area contributed by atoms with Gasteiger partial charge in [-0.15, -0.1) is 0 Å². The SMILES string of the molecule is COc1cccc([C@]2([C@@H](C)C(O)NC(=O)c3ccccc3)NC(=O)c3ccccc32)c1. The second-order valence-electron chi connectivity index (χ2n) is 7.61. The first-order chi connectivity index (χ1) is 15.0. The summed E-state index contributed by atoms with van der Waals surface area (Å²) in [5, 5.41) is 16.8. The monoisotopic (exact) mass is 416 g/mol. The average Bonchev–Trinajstić information content (AvgIpc) is 3.12. The number of carbonyl (C=O) groups is 2. The smallest absolute Gasteiger partial charge is 0.253 e. The van der Waals surface area contributed by atoms with Crippen molar-refractivity contribution in [3.8, 4) is 5.75 Å². The van der Waals surface area contributed by atoms with E-state index < -0.39 is 23.6 Å². The molecule has 6 nitrogen and oxygen atoms in total. The van der Waals surface area contributed by atoms with Crippen LogP contribution in [0.3, 0.4) is 0 Å². The van der Waals surface area contributed by atoms with E-state index in [0.29, 0.717) is 16.9 Å². The highest BCUT2D eigenvalue weighted by atomic mass is 16.5. The van der Waals surface area contributed by atoms with Crippen molar-refractivity contribution >= 4 is 11.8 Å². The molecule has 0 saturated carbocycles. The summed E-state index contributed by atoms with van der Waals surface area (Å²) in [6, 6.07) is 23.4. The van der Waals surface area contributed by atoms with Gasteiger partial charge in [0.15, 0.2) is 0 Å². The molecule has 31 heavy (non-hydrogen) atoms. The number of nitrogens with one attached hydrogen (secondary N) is 2. The van der Waals surface area contributed by atoms with E-state index in [1.165, 1.54) is 0 Å². The van der Waals surface area contributed by atoms with Crippen molar-refractivity contribution in [2.45, 2.75) is 18.7 Å². The molecule has 3 aromatic carbocycles. The lowest BCUT2D eigenvalue weighted by atomic mass is 9.73. The number of hydrogen-bond acceptors (Lipinski definition) is 4. The van der Waals surface area contributed by atoms with Gasteiger partial charge in [-0.1, -0.05) is 55.5 Å². The molecule has 0 radical (unpaired) electrons. The van der Waals surface area contributed by atoms with Crippen molar-refractivity contribution in [1.82, 2.24) is 10.6 Å². The number of aliphatic hydroxyl groups is 1. The molecule has 4 rings (SSSR count). The second-order valence-corrected chi connectivity index (χ2v) is 7.61. The first kappa shape index (κ1) is 20.6. The predicted octanol–water partition coefficient (Wildman–Crippen LogP) is 3.07. The molecule has 0 fully saturated rings. The summed E-state index contributed by atoms with van der Waals surface area (Å²) < 4.78 is 5.39. The zero-order valence-electron chi connectivity index (χ0n) is 17.3. The first-order valence-corrected chi connectivity index (χ1v) is 10.1. The Bertz CT molecular complexity index is 1120. The van der Waals surface area contributed by atoms with Crippen molar-refractivity contribution in [3.63, 3.8) is 0 Å². The summed E-state index contributed by atoms with van der Waals surface area (Å²) in [6.45, 7) is 1.80. The van der Waals surface area contributed by atoms with Crippen LogP contribution in [0, 0.1) is 5.92 Å². The third-order valence-electron chi connectivity index (χ3n) is 5.90. The van der Waals surface area contributed by atoms with Crippen molar-refractivity contribution in [2.24, 2.45) is 5.92 Å². The Labute approximate surface area is 180 Å². The van der Waals surface area contributed by atoms with E-state index in [4.69, 9.17) is 4.74 Å². The normalized spacial score (nSPS) is 19.1. The fourth-order valence-corrected chi connectivity index (χ4v) is 4.23. The Morgan fingerprint density at radius 2 is 1.74 bits per heavy atom. The Balaban J connectivity index is 1.77. The van der Waals surface area contributed by atoms with Crippen molar-refractivity contribution in [2.75, 3.05) is 7.11 Å². The van der Waals surface area contributed by atoms with Gasteiger partial charge in [0.25, 0.3) is 11.8 Å². The number of aliphatic hydroxyl groups excluding tert-OH is 1. The molecule has 3 N–H and O–H groups in total. The summed E-state index contributed by atoms with van der Waals surface area (Å²) in [4.78, 5) is 25.5. The molecule has 0 aromatic heterocycles. The summed E-state index contributed by atoms with van der Waals surface area (Å²) in [5.41, 5.74) is 1.43. The number of benzene rings is 3. The van der Waals surface area contributed by atoms with Gasteiger partial charge >= 0.3 is 0 Å². The number of amides is 2. The minimum absolute atomic E-state index is 0.230. The van der Waals surface area contributed by atoms with E-state index >= 15 is 0 Å². The van der Waals surface area contributed by atoms with Crippen LogP contribution in [0.15, 0.2) is 78.9 Å². The Morgan fingerprint density at radius 1 is 1.03 bits per heavy atom. The van der Waals surface area contributed by atoms with Gasteiger partial charge in [0, 0.05) is 17.0 Å². The zero-order valence-corrected chi connectivity index (χ0v) is 17.3. The third-order valence-corrected chi connectivity index (χ3v) is 5.90. The van der Waals surface area contributed by atoms with Crippen molar-refractivity contribution in [3.05, 3.63) is 101 Å². The maximum absolute atomic E-state index is 12.9. The van der Waals surface area contributed by atoms with Crippen LogP contribution in [-0.2, 0) is 5.54 Å². The molecular formula is C25H24N2O4. The molecule has 1 unspecified atom stereocenters. The Morgan fingerprint density at radius 3 is 2.48 bits per heavy atom. The van der Waals surface area contributed by atoms with Gasteiger partial charge in [-0.2, -0.15) is 0 Å². The van der Waals surface area contributed by atoms with Gasteiger partial charge in [-0.05, 0) is 41.5 Å². The van der Waals surface area contributed by atoms with E-state index in [9.17, 15) is 14.7 Å². The molecule has 0 bridgehead atoms. The van der Waals surface area contributed by atoms with Gasteiger partial charge in [0.2, 0.25) is 0 Å². The van der Waals surface area contributed by atoms with Crippen molar-refractivity contribution < 1.29 is 19.4 Å². The highest BCUT2D eigenvalue weighted by Gasteiger charge is 2.50. The van der Waals surface area contributed by atoms with Crippen molar-refractivity contribution in [1.29, 1.82) is 0 Å². The Kier molecular flexibility index (Phi) is 5.48. The molecule has 0 aliphatic carbocycles. The van der Waals surface area contributed by atoms with E-state index in [1.807, 2.05) is 42.5 Å². The van der Waals surface area contributed by atoms with Crippen LogP contribution in [0.1, 0.15) is 38.8 Å². The Hall–Kier alpha value is -3.64. The molecule has 158 valence electrons. The summed E-state index contributed by atoms with van der Waals surface area (Å²) in [6.07, 6.45) is -1.23. The number of carbonyl (C=O) groups excluding carboxylic acids is 2.